The summed E-state index contributed by atoms with van der Waals surface area (Å²) in [5.41, 5.74) is 3.20. The van der Waals surface area contributed by atoms with Crippen molar-refractivity contribution in [3.05, 3.63) is 89.5 Å². The molecule has 0 amide bonds. The summed E-state index contributed by atoms with van der Waals surface area (Å²) in [7, 11) is 4.85. The molecule has 0 saturated carbocycles. The van der Waals surface area contributed by atoms with E-state index in [1.807, 2.05) is 47.5 Å². The lowest BCUT2D eigenvalue weighted by Crippen LogP contribution is -2.17. The molecule has 0 radical (unpaired) electrons. The van der Waals surface area contributed by atoms with Gasteiger partial charge in [0.25, 0.3) is 0 Å². The summed E-state index contributed by atoms with van der Waals surface area (Å²) in [6.07, 6.45) is 1.80. The summed E-state index contributed by atoms with van der Waals surface area (Å²) in [6, 6.07) is 24.3. The smallest absolute Gasteiger partial charge is 0.164 e. The predicted octanol–water partition coefficient (Wildman–Crippen LogP) is 4.75. The molecule has 5 nitrogen and oxygen atoms in total. The first-order chi connectivity index (χ1) is 14.2. The van der Waals surface area contributed by atoms with Gasteiger partial charge in [0.05, 0.1) is 40.6 Å². The fourth-order valence-corrected chi connectivity index (χ4v) is 3.02. The van der Waals surface area contributed by atoms with E-state index in [2.05, 4.69) is 24.3 Å². The molecule has 0 aliphatic heterocycles. The molecule has 3 rings (SSSR count). The average molecular weight is 390 g/mol. The minimum Gasteiger partial charge on any atom is -0.496 e. The molecule has 0 saturated heterocycles. The van der Waals surface area contributed by atoms with Crippen molar-refractivity contribution in [3.8, 4) is 17.2 Å². The highest BCUT2D eigenvalue weighted by molar-refractivity contribution is 5.85. The maximum absolute atomic E-state index is 5.51. The molecule has 0 unspecified atom stereocenters. The van der Waals surface area contributed by atoms with Crippen molar-refractivity contribution in [3.63, 3.8) is 0 Å². The van der Waals surface area contributed by atoms with Crippen LogP contribution < -0.4 is 14.2 Å². The zero-order valence-electron chi connectivity index (χ0n) is 17.0. The Morgan fingerprint density at radius 1 is 0.690 bits per heavy atom. The van der Waals surface area contributed by atoms with E-state index in [1.165, 1.54) is 11.1 Å². The molecule has 150 valence electrons. The second kappa shape index (κ2) is 10.2. The number of hydrogen-bond donors (Lipinski definition) is 0. The largest absolute Gasteiger partial charge is 0.496 e. The second-order valence-corrected chi connectivity index (χ2v) is 6.49. The van der Waals surface area contributed by atoms with E-state index in [9.17, 15) is 0 Å². The molecular formula is C24H26N2O3. The first kappa shape index (κ1) is 20.3. The first-order valence-corrected chi connectivity index (χ1v) is 9.40. The lowest BCUT2D eigenvalue weighted by molar-refractivity contribution is 0.272. The van der Waals surface area contributed by atoms with Crippen LogP contribution in [0.3, 0.4) is 0 Å². The molecule has 0 heterocycles. The molecule has 5 heteroatoms. The summed E-state index contributed by atoms with van der Waals surface area (Å²) >= 11 is 0. The highest BCUT2D eigenvalue weighted by Gasteiger charge is 2.11. The summed E-state index contributed by atoms with van der Waals surface area (Å²) in [5, 5.41) is 6.78. The number of nitrogens with zero attached hydrogens (tertiary/aromatic N) is 2. The van der Waals surface area contributed by atoms with Gasteiger partial charge in [-0.15, -0.1) is 0 Å². The van der Waals surface area contributed by atoms with E-state index in [0.29, 0.717) is 30.3 Å². The lowest BCUT2D eigenvalue weighted by Gasteiger charge is -2.20. The summed E-state index contributed by atoms with van der Waals surface area (Å²) in [5.74, 6) is 1.92. The molecule has 29 heavy (non-hydrogen) atoms. The number of hydrazone groups is 1. The minimum atomic E-state index is 0.618. The van der Waals surface area contributed by atoms with Gasteiger partial charge in [0.1, 0.15) is 5.75 Å². The van der Waals surface area contributed by atoms with E-state index in [-0.39, 0.29) is 0 Å². The van der Waals surface area contributed by atoms with Gasteiger partial charge in [0.2, 0.25) is 0 Å². The van der Waals surface area contributed by atoms with Crippen LogP contribution >= 0.6 is 0 Å². The molecule has 0 bridgehead atoms. The van der Waals surface area contributed by atoms with Crippen molar-refractivity contribution in [2.45, 2.75) is 13.1 Å². The van der Waals surface area contributed by atoms with Crippen molar-refractivity contribution in [2.24, 2.45) is 5.10 Å². The Hall–Kier alpha value is -3.47. The number of methoxy groups -OCH3 is 3. The average Bonchev–Trinajstić information content (AvgIpc) is 2.78. The summed E-state index contributed by atoms with van der Waals surface area (Å²) < 4.78 is 16.3. The molecule has 0 aliphatic carbocycles. The van der Waals surface area contributed by atoms with Gasteiger partial charge in [-0.1, -0.05) is 60.7 Å². The van der Waals surface area contributed by atoms with Crippen molar-refractivity contribution in [2.75, 3.05) is 21.3 Å². The molecule has 0 spiro atoms. The Bertz CT molecular complexity index is 886. The van der Waals surface area contributed by atoms with E-state index >= 15 is 0 Å². The molecule has 0 aromatic heterocycles. The van der Waals surface area contributed by atoms with Crippen molar-refractivity contribution in [1.29, 1.82) is 0 Å². The first-order valence-electron chi connectivity index (χ1n) is 9.40. The highest BCUT2D eigenvalue weighted by Crippen LogP contribution is 2.33. The van der Waals surface area contributed by atoms with Crippen LogP contribution in [0.2, 0.25) is 0 Å². The van der Waals surface area contributed by atoms with Crippen LogP contribution in [0.1, 0.15) is 16.7 Å². The molecule has 3 aromatic rings. The quantitative estimate of drug-likeness (QED) is 0.391. The van der Waals surface area contributed by atoms with Gasteiger partial charge < -0.3 is 14.2 Å². The van der Waals surface area contributed by atoms with Crippen LogP contribution in [0.25, 0.3) is 0 Å². The van der Waals surface area contributed by atoms with Crippen LogP contribution in [-0.4, -0.2) is 32.6 Å². The van der Waals surface area contributed by atoms with Crippen LogP contribution in [0.15, 0.2) is 77.9 Å². The SMILES string of the molecule is COc1cc(OC)c(OC)cc1/C=N\N(Cc1ccccc1)Cc1ccccc1. The van der Waals surface area contributed by atoms with Gasteiger partial charge in [-0.25, -0.2) is 0 Å². The highest BCUT2D eigenvalue weighted by atomic mass is 16.5. The Labute approximate surface area is 172 Å². The van der Waals surface area contributed by atoms with Crippen LogP contribution in [0.5, 0.6) is 17.2 Å². The van der Waals surface area contributed by atoms with E-state index in [0.717, 1.165) is 5.56 Å². The van der Waals surface area contributed by atoms with Gasteiger partial charge in [-0.2, -0.15) is 5.10 Å². The zero-order chi connectivity index (χ0) is 20.5. The van der Waals surface area contributed by atoms with Gasteiger partial charge >= 0.3 is 0 Å². The van der Waals surface area contributed by atoms with Crippen molar-refractivity contribution >= 4 is 6.21 Å². The normalized spacial score (nSPS) is 10.7. The minimum absolute atomic E-state index is 0.618. The van der Waals surface area contributed by atoms with Gasteiger partial charge in [-0.3, -0.25) is 5.01 Å². The molecule has 3 aromatic carbocycles. The second-order valence-electron chi connectivity index (χ2n) is 6.49. The van der Waals surface area contributed by atoms with E-state index in [4.69, 9.17) is 19.3 Å². The monoisotopic (exact) mass is 390 g/mol. The van der Waals surface area contributed by atoms with Crippen LogP contribution in [0, 0.1) is 0 Å². The molecule has 0 aliphatic rings. The predicted molar refractivity (Wildman–Crippen MR) is 116 cm³/mol. The maximum Gasteiger partial charge on any atom is 0.164 e. The fourth-order valence-electron chi connectivity index (χ4n) is 3.02. The Morgan fingerprint density at radius 2 is 1.17 bits per heavy atom. The standard InChI is InChI=1S/C24H26N2O3/c1-27-22-15-24(29-3)23(28-2)14-21(22)16-25-26(17-19-10-6-4-7-11-19)18-20-12-8-5-9-13-20/h4-16H,17-18H2,1-3H3/b25-16-. The Morgan fingerprint density at radius 3 is 1.66 bits per heavy atom. The van der Waals surface area contributed by atoms with Crippen molar-refractivity contribution < 1.29 is 14.2 Å². The lowest BCUT2D eigenvalue weighted by atomic mass is 10.2. The number of benzene rings is 3. The van der Waals surface area contributed by atoms with Gasteiger partial charge in [0.15, 0.2) is 11.5 Å². The van der Waals surface area contributed by atoms with E-state index in [1.54, 1.807) is 33.6 Å². The molecule has 0 fully saturated rings. The van der Waals surface area contributed by atoms with E-state index < -0.39 is 0 Å². The zero-order valence-corrected chi connectivity index (χ0v) is 17.0. The van der Waals surface area contributed by atoms with Gasteiger partial charge in [-0.05, 0) is 17.2 Å². The third kappa shape index (κ3) is 5.51. The van der Waals surface area contributed by atoms with Crippen molar-refractivity contribution in [1.82, 2.24) is 5.01 Å². The Kier molecular flexibility index (Phi) is 7.11. The van der Waals surface area contributed by atoms with Crippen LogP contribution in [-0.2, 0) is 13.1 Å². The van der Waals surface area contributed by atoms with Crippen LogP contribution in [0.4, 0.5) is 0 Å². The fraction of sp³-hybridized carbons (Fsp3) is 0.208. The number of hydrogen-bond acceptors (Lipinski definition) is 5. The van der Waals surface area contributed by atoms with Gasteiger partial charge in [0, 0.05) is 11.6 Å². The third-order valence-corrected chi connectivity index (χ3v) is 4.51. The topological polar surface area (TPSA) is 43.3 Å². The molecular weight excluding hydrogens is 364 g/mol. The number of ether oxygens (including phenoxy) is 3. The third-order valence-electron chi connectivity index (χ3n) is 4.51. The molecule has 0 N–H and O–H groups in total. The number of rotatable bonds is 9. The summed E-state index contributed by atoms with van der Waals surface area (Å²) in [4.78, 5) is 0. The maximum atomic E-state index is 5.51. The Balaban J connectivity index is 1.89. The summed E-state index contributed by atoms with van der Waals surface area (Å²) in [6.45, 7) is 1.39. The molecule has 0 atom stereocenters.